The van der Waals surface area contributed by atoms with Gasteiger partial charge >= 0.3 is 0 Å². The largest absolute Gasteiger partial charge is 0.318 e. The number of benzene rings is 1. The molecule has 0 unspecified atom stereocenters. The van der Waals surface area contributed by atoms with Crippen molar-refractivity contribution in [1.82, 2.24) is 4.67 Å². The molecule has 0 aromatic heterocycles. The highest BCUT2D eigenvalue weighted by Crippen LogP contribution is 2.59. The molecular formula is C11H17N2OPS. The first kappa shape index (κ1) is 12.1. The van der Waals surface area contributed by atoms with Crippen molar-refractivity contribution < 1.29 is 4.52 Å². The van der Waals surface area contributed by atoms with E-state index in [2.05, 4.69) is 23.7 Å². The lowest BCUT2D eigenvalue weighted by molar-refractivity contribution is 0.272. The maximum atomic E-state index is 5.96. The summed E-state index contributed by atoms with van der Waals surface area (Å²) in [6.07, 6.45) is 0.202. The predicted molar refractivity (Wildman–Crippen MR) is 72.3 cm³/mol. The first-order valence-corrected chi connectivity index (χ1v) is 7.96. The van der Waals surface area contributed by atoms with Crippen LogP contribution >= 0.6 is 6.57 Å². The lowest BCUT2D eigenvalue weighted by Gasteiger charge is -2.32. The van der Waals surface area contributed by atoms with E-state index in [9.17, 15) is 0 Å². The normalized spacial score (nSPS) is 30.0. The number of hydrogen-bond donors (Lipinski definition) is 0. The molecular weight excluding hydrogens is 239 g/mol. The summed E-state index contributed by atoms with van der Waals surface area (Å²) in [6, 6.07) is 10.3. The monoisotopic (exact) mass is 256 g/mol. The van der Waals surface area contributed by atoms with E-state index in [4.69, 9.17) is 16.3 Å². The average molecular weight is 256 g/mol. The fraction of sp³-hybridized carbons (Fsp3) is 0.455. The van der Waals surface area contributed by atoms with Gasteiger partial charge in [-0.05, 0) is 45.0 Å². The van der Waals surface area contributed by atoms with Crippen molar-refractivity contribution in [1.29, 1.82) is 0 Å². The van der Waals surface area contributed by atoms with Crippen LogP contribution in [-0.4, -0.2) is 31.4 Å². The summed E-state index contributed by atoms with van der Waals surface area (Å²) >= 11 is 5.71. The Bertz CT molecular complexity index is 410. The topological polar surface area (TPSA) is 15.7 Å². The highest BCUT2D eigenvalue weighted by atomic mass is 32.5. The van der Waals surface area contributed by atoms with Gasteiger partial charge in [0, 0.05) is 5.69 Å². The van der Waals surface area contributed by atoms with Crippen molar-refractivity contribution in [2.75, 3.05) is 25.3 Å². The van der Waals surface area contributed by atoms with Crippen LogP contribution < -0.4 is 4.67 Å². The number of hydrogen-bond acceptors (Lipinski definition) is 2. The number of anilines is 1. The molecule has 0 amide bonds. The molecule has 1 fully saturated rings. The minimum atomic E-state index is -2.03. The Morgan fingerprint density at radius 2 is 2.00 bits per heavy atom. The standard InChI is InChI=1S/C11H17N2OPS/c1-10-9-13(11-7-5-4-6-8-11)15(16,14-10)12(2)3/h4-8,10H,9H2,1-3H3/t10-,15-/m1/s1. The van der Waals surface area contributed by atoms with Crippen molar-refractivity contribution in [2.45, 2.75) is 13.0 Å². The van der Waals surface area contributed by atoms with E-state index in [-0.39, 0.29) is 6.10 Å². The van der Waals surface area contributed by atoms with E-state index >= 15 is 0 Å². The molecule has 0 bridgehead atoms. The molecule has 2 atom stereocenters. The fourth-order valence-electron chi connectivity index (χ4n) is 1.83. The zero-order chi connectivity index (χ0) is 11.8. The molecule has 5 heteroatoms. The molecule has 0 N–H and O–H groups in total. The van der Waals surface area contributed by atoms with Gasteiger partial charge in [-0.2, -0.15) is 0 Å². The third-order valence-electron chi connectivity index (χ3n) is 2.61. The zero-order valence-corrected chi connectivity index (χ0v) is 11.5. The van der Waals surface area contributed by atoms with Crippen molar-refractivity contribution in [3.05, 3.63) is 30.3 Å². The quantitative estimate of drug-likeness (QED) is 0.756. The zero-order valence-electron chi connectivity index (χ0n) is 9.83. The summed E-state index contributed by atoms with van der Waals surface area (Å²) in [4.78, 5) is 0. The van der Waals surface area contributed by atoms with E-state index in [0.717, 1.165) is 12.2 Å². The molecule has 0 radical (unpaired) electrons. The van der Waals surface area contributed by atoms with Crippen molar-refractivity contribution in [3.63, 3.8) is 0 Å². The second kappa shape index (κ2) is 4.46. The molecule has 88 valence electrons. The lowest BCUT2D eigenvalue weighted by atomic mass is 10.3. The SMILES string of the molecule is C[C@@H]1CN(c2ccccc2)[P@](=S)(N(C)C)O1. The molecule has 1 aromatic rings. The summed E-state index contributed by atoms with van der Waals surface area (Å²) in [6.45, 7) is 0.921. The molecule has 1 heterocycles. The summed E-state index contributed by atoms with van der Waals surface area (Å²) in [5, 5.41) is 0. The van der Waals surface area contributed by atoms with Crippen LogP contribution in [0.5, 0.6) is 0 Å². The van der Waals surface area contributed by atoms with E-state index in [0.29, 0.717) is 0 Å². The summed E-state index contributed by atoms with van der Waals surface area (Å²) in [7, 11) is 3.99. The molecule has 0 saturated carbocycles. The van der Waals surface area contributed by atoms with E-state index < -0.39 is 6.57 Å². The fourth-order valence-corrected chi connectivity index (χ4v) is 4.89. The first-order valence-electron chi connectivity index (χ1n) is 5.33. The van der Waals surface area contributed by atoms with Gasteiger partial charge in [0.2, 0.25) is 6.57 Å². The van der Waals surface area contributed by atoms with Gasteiger partial charge in [-0.1, -0.05) is 18.2 Å². The minimum Gasteiger partial charge on any atom is -0.318 e. The molecule has 0 spiro atoms. The number of nitrogens with zero attached hydrogens (tertiary/aromatic N) is 2. The van der Waals surface area contributed by atoms with E-state index in [1.165, 1.54) is 0 Å². The van der Waals surface area contributed by atoms with Crippen LogP contribution in [0.2, 0.25) is 0 Å². The minimum absolute atomic E-state index is 0.202. The van der Waals surface area contributed by atoms with Gasteiger partial charge in [0.1, 0.15) is 0 Å². The van der Waals surface area contributed by atoms with Gasteiger partial charge in [0.05, 0.1) is 12.6 Å². The van der Waals surface area contributed by atoms with Gasteiger partial charge in [-0.25, -0.2) is 4.67 Å². The Morgan fingerprint density at radius 3 is 2.56 bits per heavy atom. The second-order valence-electron chi connectivity index (χ2n) is 4.17. The molecule has 1 aliphatic rings. The molecule has 3 nitrogen and oxygen atoms in total. The van der Waals surface area contributed by atoms with Crippen molar-refractivity contribution in [2.24, 2.45) is 0 Å². The van der Waals surface area contributed by atoms with Crippen LogP contribution in [0.3, 0.4) is 0 Å². The molecule has 1 aliphatic heterocycles. The summed E-state index contributed by atoms with van der Waals surface area (Å²) in [5.41, 5.74) is 1.16. The Morgan fingerprint density at radius 1 is 1.38 bits per heavy atom. The average Bonchev–Trinajstić information content (AvgIpc) is 2.57. The van der Waals surface area contributed by atoms with Gasteiger partial charge in [-0.15, -0.1) is 0 Å². The van der Waals surface area contributed by atoms with Gasteiger partial charge in [-0.3, -0.25) is 0 Å². The highest BCUT2D eigenvalue weighted by Gasteiger charge is 2.38. The summed E-state index contributed by atoms with van der Waals surface area (Å²) in [5.74, 6) is 0. The predicted octanol–water partition coefficient (Wildman–Crippen LogP) is 2.70. The Hall–Kier alpha value is -0.410. The third kappa shape index (κ3) is 2.03. The van der Waals surface area contributed by atoms with Crippen LogP contribution in [0.1, 0.15) is 6.92 Å². The number of para-hydroxylation sites is 1. The van der Waals surface area contributed by atoms with E-state index in [1.54, 1.807) is 0 Å². The van der Waals surface area contributed by atoms with Crippen molar-refractivity contribution >= 4 is 24.1 Å². The maximum Gasteiger partial charge on any atom is 0.228 e. The molecule has 16 heavy (non-hydrogen) atoms. The molecule has 2 rings (SSSR count). The van der Waals surface area contributed by atoms with Crippen LogP contribution in [-0.2, 0) is 16.3 Å². The highest BCUT2D eigenvalue weighted by molar-refractivity contribution is 8.11. The van der Waals surface area contributed by atoms with Gasteiger partial charge < -0.3 is 9.19 Å². The lowest BCUT2D eigenvalue weighted by Crippen LogP contribution is -2.23. The third-order valence-corrected chi connectivity index (χ3v) is 7.09. The van der Waals surface area contributed by atoms with Gasteiger partial charge in [0.25, 0.3) is 0 Å². The molecule has 1 aromatic carbocycles. The van der Waals surface area contributed by atoms with Crippen LogP contribution in [0.15, 0.2) is 30.3 Å². The Labute approximate surface area is 102 Å². The Balaban J connectivity index is 2.37. The smallest absolute Gasteiger partial charge is 0.228 e. The maximum absolute atomic E-state index is 5.96. The molecule has 1 saturated heterocycles. The van der Waals surface area contributed by atoms with Crippen LogP contribution in [0, 0.1) is 0 Å². The molecule has 0 aliphatic carbocycles. The van der Waals surface area contributed by atoms with E-state index in [1.807, 2.05) is 37.0 Å². The summed E-state index contributed by atoms with van der Waals surface area (Å²) < 4.78 is 10.2. The van der Waals surface area contributed by atoms with Gasteiger partial charge in [0.15, 0.2) is 0 Å². The Kier molecular flexibility index (Phi) is 3.36. The first-order chi connectivity index (χ1) is 7.54. The van der Waals surface area contributed by atoms with Crippen LogP contribution in [0.4, 0.5) is 5.69 Å². The second-order valence-corrected chi connectivity index (χ2v) is 8.07. The van der Waals surface area contributed by atoms with Crippen LogP contribution in [0.25, 0.3) is 0 Å². The van der Waals surface area contributed by atoms with Crippen molar-refractivity contribution in [3.8, 4) is 0 Å². The number of rotatable bonds is 2.